The number of rotatable bonds is 0. The van der Waals surface area contributed by atoms with E-state index in [1.807, 2.05) is 6.20 Å². The molecule has 1 aliphatic rings. The lowest BCUT2D eigenvalue weighted by Gasteiger charge is -2.22. The molecule has 3 N–H and O–H groups in total. The van der Waals surface area contributed by atoms with Crippen molar-refractivity contribution in [2.24, 2.45) is 5.73 Å². The van der Waals surface area contributed by atoms with Crippen LogP contribution in [0.1, 0.15) is 30.0 Å². The number of nitrogens with one attached hydrogen (secondary N) is 1. The average Bonchev–Trinajstić information content (AvgIpc) is 2.66. The van der Waals surface area contributed by atoms with Crippen LogP contribution in [0.3, 0.4) is 0 Å². The van der Waals surface area contributed by atoms with Crippen LogP contribution in [-0.2, 0) is 6.42 Å². The zero-order valence-corrected chi connectivity index (χ0v) is 8.09. The minimum Gasteiger partial charge on any atom is -0.361 e. The summed E-state index contributed by atoms with van der Waals surface area (Å²) in [6, 6.07) is 6.72. The van der Waals surface area contributed by atoms with Crippen LogP contribution in [0.2, 0.25) is 0 Å². The first-order chi connectivity index (χ1) is 6.86. The fourth-order valence-electron chi connectivity index (χ4n) is 2.48. The maximum Gasteiger partial charge on any atom is 0.0489 e. The van der Waals surface area contributed by atoms with Gasteiger partial charge >= 0.3 is 0 Å². The number of benzene rings is 1. The molecule has 0 fully saturated rings. The van der Waals surface area contributed by atoms with Gasteiger partial charge in [0.05, 0.1) is 0 Å². The Morgan fingerprint density at radius 1 is 1.29 bits per heavy atom. The van der Waals surface area contributed by atoms with Crippen LogP contribution < -0.4 is 5.73 Å². The second kappa shape index (κ2) is 2.85. The van der Waals surface area contributed by atoms with E-state index in [-0.39, 0.29) is 6.04 Å². The number of fused-ring (bicyclic) bond motifs is 3. The molecule has 1 atom stereocenters. The van der Waals surface area contributed by atoms with Crippen LogP contribution in [0.15, 0.2) is 24.4 Å². The number of nitrogens with two attached hydrogens (primary N) is 1. The number of aromatic amines is 1. The Labute approximate surface area is 83.1 Å². The first kappa shape index (κ1) is 8.06. The smallest absolute Gasteiger partial charge is 0.0489 e. The monoisotopic (exact) mass is 186 g/mol. The molecule has 14 heavy (non-hydrogen) atoms. The molecule has 0 saturated carbocycles. The minimum atomic E-state index is 0.242. The van der Waals surface area contributed by atoms with Gasteiger partial charge in [-0.2, -0.15) is 0 Å². The van der Waals surface area contributed by atoms with E-state index in [4.69, 9.17) is 5.73 Å². The Kier molecular flexibility index (Phi) is 1.64. The molecule has 1 heterocycles. The summed E-state index contributed by atoms with van der Waals surface area (Å²) in [5, 5.41) is 1.30. The van der Waals surface area contributed by atoms with Crippen molar-refractivity contribution < 1.29 is 0 Å². The van der Waals surface area contributed by atoms with Gasteiger partial charge in [0.1, 0.15) is 0 Å². The van der Waals surface area contributed by atoms with E-state index in [0.717, 1.165) is 6.42 Å². The molecule has 2 nitrogen and oxygen atoms in total. The molecule has 72 valence electrons. The summed E-state index contributed by atoms with van der Waals surface area (Å²) in [6.45, 7) is 0. The van der Waals surface area contributed by atoms with Gasteiger partial charge in [-0.3, -0.25) is 0 Å². The van der Waals surface area contributed by atoms with Crippen LogP contribution in [0, 0.1) is 0 Å². The summed E-state index contributed by atoms with van der Waals surface area (Å²) in [6.07, 6.45) is 5.51. The topological polar surface area (TPSA) is 41.8 Å². The van der Waals surface area contributed by atoms with E-state index in [1.165, 1.54) is 34.9 Å². The normalized spacial score (nSPS) is 21.1. The van der Waals surface area contributed by atoms with Gasteiger partial charge in [0, 0.05) is 17.8 Å². The lowest BCUT2D eigenvalue weighted by molar-refractivity contribution is 0.573. The van der Waals surface area contributed by atoms with Crippen molar-refractivity contribution in [3.63, 3.8) is 0 Å². The molecule has 0 amide bonds. The van der Waals surface area contributed by atoms with Crippen LogP contribution in [-0.4, -0.2) is 4.98 Å². The van der Waals surface area contributed by atoms with Crippen LogP contribution in [0.25, 0.3) is 10.9 Å². The summed E-state index contributed by atoms with van der Waals surface area (Å²) in [5.74, 6) is 0. The van der Waals surface area contributed by atoms with E-state index < -0.39 is 0 Å². The second-order valence-corrected chi connectivity index (χ2v) is 4.07. The molecule has 0 spiro atoms. The molecule has 1 aromatic carbocycles. The maximum atomic E-state index is 6.09. The first-order valence-corrected chi connectivity index (χ1v) is 5.21. The fourth-order valence-corrected chi connectivity index (χ4v) is 2.48. The Morgan fingerprint density at radius 2 is 2.21 bits per heavy atom. The van der Waals surface area contributed by atoms with Gasteiger partial charge in [-0.25, -0.2) is 0 Å². The highest BCUT2D eigenvalue weighted by molar-refractivity contribution is 5.84. The van der Waals surface area contributed by atoms with Crippen LogP contribution >= 0.6 is 0 Å². The standard InChI is InChI=1S/C12H14N2/c13-11-3-1-2-10-9(11)5-4-8-6-7-14-12(8)10/h4-7,11,14H,1-3,13H2. The summed E-state index contributed by atoms with van der Waals surface area (Å²) in [7, 11) is 0. The van der Waals surface area contributed by atoms with Gasteiger partial charge < -0.3 is 10.7 Å². The molecule has 2 aromatic rings. The molecule has 1 aliphatic carbocycles. The number of H-pyrrole nitrogens is 1. The van der Waals surface area contributed by atoms with Gasteiger partial charge in [0.25, 0.3) is 0 Å². The lowest BCUT2D eigenvalue weighted by Crippen LogP contribution is -2.17. The second-order valence-electron chi connectivity index (χ2n) is 4.07. The highest BCUT2D eigenvalue weighted by Gasteiger charge is 2.18. The highest BCUT2D eigenvalue weighted by Crippen LogP contribution is 2.32. The van der Waals surface area contributed by atoms with E-state index >= 15 is 0 Å². The maximum absolute atomic E-state index is 6.09. The Hall–Kier alpha value is -1.28. The zero-order chi connectivity index (χ0) is 9.54. The molecule has 0 radical (unpaired) electrons. The predicted octanol–water partition coefficient (Wildman–Crippen LogP) is 2.50. The molecule has 1 aromatic heterocycles. The third-order valence-corrected chi connectivity index (χ3v) is 3.21. The minimum absolute atomic E-state index is 0.242. The van der Waals surface area contributed by atoms with Gasteiger partial charge in [0.15, 0.2) is 0 Å². The van der Waals surface area contributed by atoms with Crippen molar-refractivity contribution in [1.29, 1.82) is 0 Å². The molecule has 0 aliphatic heterocycles. The number of aromatic nitrogens is 1. The molecular weight excluding hydrogens is 172 g/mol. The largest absolute Gasteiger partial charge is 0.361 e. The van der Waals surface area contributed by atoms with Crippen molar-refractivity contribution in [1.82, 2.24) is 4.98 Å². The van der Waals surface area contributed by atoms with Crippen molar-refractivity contribution in [3.8, 4) is 0 Å². The quantitative estimate of drug-likeness (QED) is 0.652. The molecule has 2 heteroatoms. The first-order valence-electron chi connectivity index (χ1n) is 5.21. The molecule has 0 bridgehead atoms. The van der Waals surface area contributed by atoms with E-state index in [0.29, 0.717) is 0 Å². The lowest BCUT2D eigenvalue weighted by atomic mass is 9.87. The third kappa shape index (κ3) is 1.01. The summed E-state index contributed by atoms with van der Waals surface area (Å²) in [4.78, 5) is 3.31. The molecule has 0 saturated heterocycles. The SMILES string of the molecule is NC1CCCc2c1ccc1cc[nH]c21. The summed E-state index contributed by atoms with van der Waals surface area (Å²) in [5.41, 5.74) is 10.2. The van der Waals surface area contributed by atoms with Gasteiger partial charge in [-0.1, -0.05) is 12.1 Å². The Bertz CT molecular complexity index is 470. The van der Waals surface area contributed by atoms with Gasteiger partial charge in [-0.05, 0) is 41.8 Å². The Balaban J connectivity index is 2.32. The van der Waals surface area contributed by atoms with Crippen molar-refractivity contribution in [2.75, 3.05) is 0 Å². The number of hydrogen-bond donors (Lipinski definition) is 2. The zero-order valence-electron chi connectivity index (χ0n) is 8.09. The summed E-state index contributed by atoms with van der Waals surface area (Å²) >= 11 is 0. The molecular formula is C12H14N2. The van der Waals surface area contributed by atoms with Crippen LogP contribution in [0.4, 0.5) is 0 Å². The number of aryl methyl sites for hydroxylation is 1. The fraction of sp³-hybridized carbons (Fsp3) is 0.333. The number of hydrogen-bond acceptors (Lipinski definition) is 1. The molecule has 3 rings (SSSR count). The summed E-state index contributed by atoms with van der Waals surface area (Å²) < 4.78 is 0. The Morgan fingerprint density at radius 3 is 3.14 bits per heavy atom. The van der Waals surface area contributed by atoms with Crippen molar-refractivity contribution in [3.05, 3.63) is 35.5 Å². The van der Waals surface area contributed by atoms with Crippen LogP contribution in [0.5, 0.6) is 0 Å². The van der Waals surface area contributed by atoms with E-state index in [2.05, 4.69) is 23.2 Å². The molecule has 1 unspecified atom stereocenters. The predicted molar refractivity (Wildman–Crippen MR) is 58.2 cm³/mol. The van der Waals surface area contributed by atoms with Crippen molar-refractivity contribution in [2.45, 2.75) is 25.3 Å². The van der Waals surface area contributed by atoms with E-state index in [9.17, 15) is 0 Å². The van der Waals surface area contributed by atoms with Gasteiger partial charge in [0.2, 0.25) is 0 Å². The highest BCUT2D eigenvalue weighted by atomic mass is 14.7. The average molecular weight is 186 g/mol. The van der Waals surface area contributed by atoms with Gasteiger partial charge in [-0.15, -0.1) is 0 Å². The third-order valence-electron chi connectivity index (χ3n) is 3.21. The van der Waals surface area contributed by atoms with E-state index in [1.54, 1.807) is 0 Å². The van der Waals surface area contributed by atoms with Crippen molar-refractivity contribution >= 4 is 10.9 Å².